The fourth-order valence-corrected chi connectivity index (χ4v) is 1.84. The van der Waals surface area contributed by atoms with Gasteiger partial charge >= 0.3 is 6.09 Å². The van der Waals surface area contributed by atoms with Gasteiger partial charge in [-0.2, -0.15) is 0 Å². The van der Waals surface area contributed by atoms with Crippen molar-refractivity contribution in [1.29, 1.82) is 0 Å². The van der Waals surface area contributed by atoms with Gasteiger partial charge in [-0.3, -0.25) is 5.32 Å². The van der Waals surface area contributed by atoms with Crippen LogP contribution in [0.2, 0.25) is 0 Å². The summed E-state index contributed by atoms with van der Waals surface area (Å²) in [6.45, 7) is 6.19. The van der Waals surface area contributed by atoms with Crippen LogP contribution in [0.1, 0.15) is 33.6 Å². The molecule has 0 spiro atoms. The third-order valence-electron chi connectivity index (χ3n) is 2.30. The standard InChI is InChI=1S/C15H22BrNO3/c1-15(2,3)20-14(18)17-12-6-8-13(9-7-12)19-11-5-4-10-16/h6-9H,4-5,10-11H2,1-3H3,(H,17,18). The maximum atomic E-state index is 11.6. The molecule has 0 aromatic heterocycles. The minimum atomic E-state index is -0.497. The van der Waals surface area contributed by atoms with Gasteiger partial charge in [-0.25, -0.2) is 4.79 Å². The zero-order valence-electron chi connectivity index (χ0n) is 12.2. The van der Waals surface area contributed by atoms with Gasteiger partial charge in [0.2, 0.25) is 0 Å². The molecule has 0 saturated heterocycles. The normalized spacial score (nSPS) is 11.0. The Morgan fingerprint density at radius 1 is 1.20 bits per heavy atom. The highest BCUT2D eigenvalue weighted by atomic mass is 79.9. The molecule has 0 radical (unpaired) electrons. The van der Waals surface area contributed by atoms with Crippen molar-refractivity contribution in [3.8, 4) is 5.75 Å². The molecule has 0 fully saturated rings. The predicted octanol–water partition coefficient (Wildman–Crippen LogP) is 4.59. The van der Waals surface area contributed by atoms with Gasteiger partial charge in [-0.05, 0) is 57.9 Å². The lowest BCUT2D eigenvalue weighted by Crippen LogP contribution is -2.27. The highest BCUT2D eigenvalue weighted by Gasteiger charge is 2.15. The van der Waals surface area contributed by atoms with Gasteiger partial charge in [0.05, 0.1) is 6.61 Å². The van der Waals surface area contributed by atoms with Gasteiger partial charge in [0.15, 0.2) is 0 Å². The van der Waals surface area contributed by atoms with E-state index in [9.17, 15) is 4.79 Å². The molecule has 0 aliphatic heterocycles. The Kier molecular flexibility index (Phi) is 6.85. The van der Waals surface area contributed by atoms with Gasteiger partial charge in [0.25, 0.3) is 0 Å². The van der Waals surface area contributed by atoms with E-state index in [-0.39, 0.29) is 0 Å². The highest BCUT2D eigenvalue weighted by molar-refractivity contribution is 9.09. The number of anilines is 1. The first kappa shape index (κ1) is 16.8. The summed E-state index contributed by atoms with van der Waals surface area (Å²) in [6.07, 6.45) is 1.66. The number of benzene rings is 1. The Hall–Kier alpha value is -1.23. The van der Waals surface area contributed by atoms with Crippen LogP contribution in [-0.2, 0) is 4.74 Å². The molecule has 0 bridgehead atoms. The number of ether oxygens (including phenoxy) is 2. The van der Waals surface area contributed by atoms with Crippen molar-refractivity contribution < 1.29 is 14.3 Å². The molecule has 5 heteroatoms. The SMILES string of the molecule is CC(C)(C)OC(=O)Nc1ccc(OCCCCBr)cc1. The molecule has 4 nitrogen and oxygen atoms in total. The summed E-state index contributed by atoms with van der Waals surface area (Å²) >= 11 is 3.38. The second kappa shape index (κ2) is 8.15. The predicted molar refractivity (Wildman–Crippen MR) is 84.8 cm³/mol. The van der Waals surface area contributed by atoms with Gasteiger partial charge in [-0.1, -0.05) is 15.9 Å². The van der Waals surface area contributed by atoms with E-state index in [0.29, 0.717) is 12.3 Å². The van der Waals surface area contributed by atoms with Crippen molar-refractivity contribution in [2.75, 3.05) is 17.3 Å². The molecule has 112 valence electrons. The van der Waals surface area contributed by atoms with E-state index in [1.165, 1.54) is 0 Å². The van der Waals surface area contributed by atoms with Crippen LogP contribution in [0, 0.1) is 0 Å². The molecule has 0 heterocycles. The number of carbonyl (C=O) groups excluding carboxylic acids is 1. The summed E-state index contributed by atoms with van der Waals surface area (Å²) < 4.78 is 10.8. The number of hydrogen-bond donors (Lipinski definition) is 1. The van der Waals surface area contributed by atoms with Crippen LogP contribution in [-0.4, -0.2) is 23.6 Å². The number of carbonyl (C=O) groups is 1. The third-order valence-corrected chi connectivity index (χ3v) is 2.86. The minimum Gasteiger partial charge on any atom is -0.494 e. The number of nitrogens with one attached hydrogen (secondary N) is 1. The third kappa shape index (κ3) is 7.38. The number of alkyl halides is 1. The summed E-state index contributed by atoms with van der Waals surface area (Å²) in [4.78, 5) is 11.6. The molecule has 20 heavy (non-hydrogen) atoms. The van der Waals surface area contributed by atoms with E-state index < -0.39 is 11.7 Å². The van der Waals surface area contributed by atoms with E-state index in [2.05, 4.69) is 21.2 Å². The van der Waals surface area contributed by atoms with Crippen LogP contribution in [0.5, 0.6) is 5.75 Å². The van der Waals surface area contributed by atoms with E-state index >= 15 is 0 Å². The average Bonchev–Trinajstić information content (AvgIpc) is 2.34. The number of hydrogen-bond acceptors (Lipinski definition) is 3. The highest BCUT2D eigenvalue weighted by Crippen LogP contribution is 2.17. The lowest BCUT2D eigenvalue weighted by Gasteiger charge is -2.19. The van der Waals surface area contributed by atoms with Crippen LogP contribution in [0.3, 0.4) is 0 Å². The van der Waals surface area contributed by atoms with Gasteiger partial charge in [0, 0.05) is 11.0 Å². The van der Waals surface area contributed by atoms with Crippen LogP contribution >= 0.6 is 15.9 Å². The van der Waals surface area contributed by atoms with Crippen LogP contribution in [0.4, 0.5) is 10.5 Å². The van der Waals surface area contributed by atoms with Crippen molar-refractivity contribution in [1.82, 2.24) is 0 Å². The smallest absolute Gasteiger partial charge is 0.412 e. The summed E-state index contributed by atoms with van der Waals surface area (Å²) in [5.41, 5.74) is 0.190. The summed E-state index contributed by atoms with van der Waals surface area (Å²) in [7, 11) is 0. The van der Waals surface area contributed by atoms with Crippen molar-refractivity contribution >= 4 is 27.7 Å². The molecular formula is C15H22BrNO3. The van der Waals surface area contributed by atoms with Crippen molar-refractivity contribution in [2.24, 2.45) is 0 Å². The quantitative estimate of drug-likeness (QED) is 0.607. The average molecular weight is 344 g/mol. The molecule has 1 aromatic rings. The number of halogens is 1. The Morgan fingerprint density at radius 3 is 2.40 bits per heavy atom. The van der Waals surface area contributed by atoms with Crippen molar-refractivity contribution in [3.05, 3.63) is 24.3 Å². The molecule has 0 unspecified atom stereocenters. The van der Waals surface area contributed by atoms with Gasteiger partial charge in [0.1, 0.15) is 11.4 Å². The zero-order valence-corrected chi connectivity index (χ0v) is 13.8. The molecule has 1 amide bonds. The summed E-state index contributed by atoms with van der Waals surface area (Å²) in [5, 5.41) is 3.67. The maximum Gasteiger partial charge on any atom is 0.412 e. The molecule has 1 N–H and O–H groups in total. The number of amides is 1. The first-order valence-corrected chi connectivity index (χ1v) is 7.82. The van der Waals surface area contributed by atoms with Crippen LogP contribution in [0.25, 0.3) is 0 Å². The van der Waals surface area contributed by atoms with Gasteiger partial charge < -0.3 is 9.47 Å². The topological polar surface area (TPSA) is 47.6 Å². The lowest BCUT2D eigenvalue weighted by molar-refractivity contribution is 0.0636. The van der Waals surface area contributed by atoms with Crippen molar-refractivity contribution in [2.45, 2.75) is 39.2 Å². The van der Waals surface area contributed by atoms with E-state index in [0.717, 1.165) is 23.9 Å². The van der Waals surface area contributed by atoms with Gasteiger partial charge in [-0.15, -0.1) is 0 Å². The molecule has 0 aliphatic carbocycles. The van der Waals surface area contributed by atoms with E-state index in [4.69, 9.17) is 9.47 Å². The first-order valence-electron chi connectivity index (χ1n) is 6.69. The molecule has 1 rings (SSSR count). The van der Waals surface area contributed by atoms with E-state index in [1.54, 1.807) is 12.1 Å². The fraction of sp³-hybridized carbons (Fsp3) is 0.533. The molecule has 0 atom stereocenters. The van der Waals surface area contributed by atoms with E-state index in [1.807, 2.05) is 32.9 Å². The lowest BCUT2D eigenvalue weighted by atomic mass is 10.2. The Labute approximate surface area is 129 Å². The zero-order chi connectivity index (χ0) is 15.0. The molecule has 0 aliphatic rings. The second-order valence-electron chi connectivity index (χ2n) is 5.40. The van der Waals surface area contributed by atoms with Crippen molar-refractivity contribution in [3.63, 3.8) is 0 Å². The second-order valence-corrected chi connectivity index (χ2v) is 6.19. The number of unbranched alkanes of at least 4 members (excludes halogenated alkanes) is 1. The van der Waals surface area contributed by atoms with Crippen LogP contribution in [0.15, 0.2) is 24.3 Å². The summed E-state index contributed by atoms with van der Waals surface area (Å²) in [6, 6.07) is 7.26. The Balaban J connectivity index is 2.40. The first-order chi connectivity index (χ1) is 9.40. The summed E-state index contributed by atoms with van der Waals surface area (Å²) in [5.74, 6) is 0.800. The minimum absolute atomic E-state index is 0.455. The maximum absolute atomic E-state index is 11.6. The monoisotopic (exact) mass is 343 g/mol. The largest absolute Gasteiger partial charge is 0.494 e. The number of rotatable bonds is 6. The molecule has 1 aromatic carbocycles. The Bertz CT molecular complexity index is 412. The molecular weight excluding hydrogens is 322 g/mol. The molecule has 0 saturated carbocycles. The Morgan fingerprint density at radius 2 is 1.85 bits per heavy atom. The van der Waals surface area contributed by atoms with Crippen LogP contribution < -0.4 is 10.1 Å². The fourth-order valence-electron chi connectivity index (χ4n) is 1.44.